The molecule has 1 aromatic carbocycles. The molecule has 2 aliphatic rings. The lowest BCUT2D eigenvalue weighted by Gasteiger charge is -2.30. The van der Waals surface area contributed by atoms with Crippen molar-refractivity contribution in [2.45, 2.75) is 129 Å². The van der Waals surface area contributed by atoms with Gasteiger partial charge in [0.1, 0.15) is 0 Å². The van der Waals surface area contributed by atoms with Crippen molar-refractivity contribution in [1.29, 1.82) is 0 Å². The van der Waals surface area contributed by atoms with E-state index in [0.29, 0.717) is 0 Å². The molecule has 0 N–H and O–H groups in total. The van der Waals surface area contributed by atoms with Crippen molar-refractivity contribution < 1.29 is 0 Å². The Morgan fingerprint density at radius 3 is 1.87 bits per heavy atom. The summed E-state index contributed by atoms with van der Waals surface area (Å²) in [7, 11) is 0. The molecule has 174 valence electrons. The summed E-state index contributed by atoms with van der Waals surface area (Å²) in [6, 6.07) is 9.39. The normalized spacial score (nSPS) is 24.2. The Hall–Kier alpha value is -1.04. The molecule has 0 bridgehead atoms. The van der Waals surface area contributed by atoms with Gasteiger partial charge in [0, 0.05) is 0 Å². The van der Waals surface area contributed by atoms with Crippen molar-refractivity contribution in [2.24, 2.45) is 17.8 Å². The number of benzene rings is 1. The third-order valence-electron chi connectivity index (χ3n) is 8.33. The second-order valence-corrected chi connectivity index (χ2v) is 10.9. The van der Waals surface area contributed by atoms with Crippen LogP contribution in [0, 0.1) is 17.8 Å². The van der Waals surface area contributed by atoms with Crippen LogP contribution in [0.5, 0.6) is 0 Å². The Kier molecular flexibility index (Phi) is 11.3. The van der Waals surface area contributed by atoms with Crippen molar-refractivity contribution >= 4 is 0 Å². The maximum absolute atomic E-state index is 2.62. The zero-order chi connectivity index (χ0) is 21.7. The van der Waals surface area contributed by atoms with Crippen LogP contribution in [-0.4, -0.2) is 0 Å². The van der Waals surface area contributed by atoms with Crippen molar-refractivity contribution in [3.63, 3.8) is 0 Å². The minimum Gasteiger partial charge on any atom is -0.0850 e. The Labute approximate surface area is 194 Å². The van der Waals surface area contributed by atoms with E-state index in [0.717, 1.165) is 17.8 Å². The molecule has 0 aromatic heterocycles. The van der Waals surface area contributed by atoms with Gasteiger partial charge >= 0.3 is 0 Å². The summed E-state index contributed by atoms with van der Waals surface area (Å²) in [6.07, 6.45) is 28.2. The standard InChI is InChI=1S/C31H50/c1-3-5-6-7-9-27-12-16-29(17-13-27)19-21-31-24-22-30(23-25-31)20-18-28-14-10-26(8-4-2)11-15-28/h10-11,14-15,22,27,29,31H,3-9,12-13,16-21,23-25H2,1-2H3/t27-,29-,31?. The van der Waals surface area contributed by atoms with E-state index in [4.69, 9.17) is 0 Å². The molecule has 2 aliphatic carbocycles. The summed E-state index contributed by atoms with van der Waals surface area (Å²) < 4.78 is 0. The molecule has 0 spiro atoms. The van der Waals surface area contributed by atoms with Crippen LogP contribution in [0.4, 0.5) is 0 Å². The third kappa shape index (κ3) is 9.15. The Morgan fingerprint density at radius 2 is 1.26 bits per heavy atom. The van der Waals surface area contributed by atoms with Crippen LogP contribution >= 0.6 is 0 Å². The van der Waals surface area contributed by atoms with Crippen LogP contribution < -0.4 is 0 Å². The van der Waals surface area contributed by atoms with E-state index in [1.54, 1.807) is 5.57 Å². The number of aryl methyl sites for hydroxylation is 2. The molecule has 1 saturated carbocycles. The van der Waals surface area contributed by atoms with Crippen LogP contribution in [0.15, 0.2) is 35.9 Å². The molecule has 0 nitrogen and oxygen atoms in total. The molecular weight excluding hydrogens is 372 g/mol. The summed E-state index contributed by atoms with van der Waals surface area (Å²) in [5.41, 5.74) is 4.74. The van der Waals surface area contributed by atoms with Gasteiger partial charge in [-0.1, -0.05) is 120 Å². The second-order valence-electron chi connectivity index (χ2n) is 10.9. The first-order chi connectivity index (χ1) is 15.3. The van der Waals surface area contributed by atoms with E-state index < -0.39 is 0 Å². The predicted octanol–water partition coefficient (Wildman–Crippen LogP) is 9.86. The summed E-state index contributed by atoms with van der Waals surface area (Å²) >= 11 is 0. The van der Waals surface area contributed by atoms with E-state index in [1.165, 1.54) is 127 Å². The Morgan fingerprint density at radius 1 is 0.613 bits per heavy atom. The summed E-state index contributed by atoms with van der Waals surface area (Å²) in [5.74, 6) is 3.09. The lowest BCUT2D eigenvalue weighted by molar-refractivity contribution is 0.234. The molecule has 31 heavy (non-hydrogen) atoms. The molecule has 0 aliphatic heterocycles. The molecular formula is C31H50. The minimum atomic E-state index is 0.976. The second kappa shape index (κ2) is 14.2. The summed E-state index contributed by atoms with van der Waals surface area (Å²) in [5, 5.41) is 0. The highest BCUT2D eigenvalue weighted by Gasteiger charge is 2.22. The maximum atomic E-state index is 2.62. The average Bonchev–Trinajstić information content (AvgIpc) is 2.82. The van der Waals surface area contributed by atoms with Gasteiger partial charge < -0.3 is 0 Å². The van der Waals surface area contributed by atoms with Gasteiger partial charge in [-0.05, 0) is 73.8 Å². The van der Waals surface area contributed by atoms with E-state index >= 15 is 0 Å². The number of hydrogen-bond acceptors (Lipinski definition) is 0. The van der Waals surface area contributed by atoms with Crippen molar-refractivity contribution in [3.8, 4) is 0 Å². The Balaban J connectivity index is 1.27. The first kappa shape index (κ1) is 24.6. The quantitative estimate of drug-likeness (QED) is 0.219. The fourth-order valence-electron chi connectivity index (χ4n) is 6.04. The lowest BCUT2D eigenvalue weighted by atomic mass is 9.76. The van der Waals surface area contributed by atoms with Crippen LogP contribution in [0.3, 0.4) is 0 Å². The first-order valence-electron chi connectivity index (χ1n) is 14.0. The molecule has 0 heterocycles. The number of unbranched alkanes of at least 4 members (excludes halogenated alkanes) is 3. The smallest absolute Gasteiger partial charge is 0.0241 e. The monoisotopic (exact) mass is 422 g/mol. The van der Waals surface area contributed by atoms with Gasteiger partial charge in [-0.2, -0.15) is 0 Å². The van der Waals surface area contributed by atoms with E-state index in [1.807, 2.05) is 0 Å². The fraction of sp³-hybridized carbons (Fsp3) is 0.742. The van der Waals surface area contributed by atoms with Crippen molar-refractivity contribution in [2.75, 3.05) is 0 Å². The van der Waals surface area contributed by atoms with E-state index in [2.05, 4.69) is 44.2 Å². The zero-order valence-corrected chi connectivity index (χ0v) is 20.8. The van der Waals surface area contributed by atoms with Gasteiger partial charge in [-0.3, -0.25) is 0 Å². The topological polar surface area (TPSA) is 0 Å². The molecule has 0 heteroatoms. The SMILES string of the molecule is CCCCCC[C@H]1CC[C@H](CCC2CC=C(CCc3ccc(CCC)cc3)CC2)CC1. The van der Waals surface area contributed by atoms with Gasteiger partial charge in [0.2, 0.25) is 0 Å². The predicted molar refractivity (Wildman–Crippen MR) is 138 cm³/mol. The van der Waals surface area contributed by atoms with Crippen LogP contribution in [-0.2, 0) is 12.8 Å². The first-order valence-corrected chi connectivity index (χ1v) is 14.0. The fourth-order valence-corrected chi connectivity index (χ4v) is 6.04. The third-order valence-corrected chi connectivity index (χ3v) is 8.33. The number of allylic oxidation sites excluding steroid dienone is 2. The van der Waals surface area contributed by atoms with Gasteiger partial charge in [0.25, 0.3) is 0 Å². The largest absolute Gasteiger partial charge is 0.0850 e. The van der Waals surface area contributed by atoms with Gasteiger partial charge in [-0.25, -0.2) is 0 Å². The van der Waals surface area contributed by atoms with Crippen molar-refractivity contribution in [3.05, 3.63) is 47.0 Å². The van der Waals surface area contributed by atoms with Crippen LogP contribution in [0.25, 0.3) is 0 Å². The summed E-state index contributed by atoms with van der Waals surface area (Å²) in [6.45, 7) is 4.58. The summed E-state index contributed by atoms with van der Waals surface area (Å²) in [4.78, 5) is 0. The molecule has 0 radical (unpaired) electrons. The van der Waals surface area contributed by atoms with Gasteiger partial charge in [0.05, 0.1) is 0 Å². The van der Waals surface area contributed by atoms with Gasteiger partial charge in [0.15, 0.2) is 0 Å². The van der Waals surface area contributed by atoms with Crippen molar-refractivity contribution in [1.82, 2.24) is 0 Å². The highest BCUT2D eigenvalue weighted by Crippen LogP contribution is 2.37. The van der Waals surface area contributed by atoms with E-state index in [-0.39, 0.29) is 0 Å². The molecule has 0 saturated heterocycles. The zero-order valence-electron chi connectivity index (χ0n) is 20.8. The molecule has 0 amide bonds. The molecule has 1 atom stereocenters. The molecule has 1 unspecified atom stereocenters. The number of hydrogen-bond donors (Lipinski definition) is 0. The minimum absolute atomic E-state index is 0.976. The molecule has 1 aromatic rings. The van der Waals surface area contributed by atoms with Crippen LogP contribution in [0.2, 0.25) is 0 Å². The highest BCUT2D eigenvalue weighted by atomic mass is 14.3. The molecule has 3 rings (SSSR count). The lowest BCUT2D eigenvalue weighted by Crippen LogP contribution is -2.16. The van der Waals surface area contributed by atoms with Gasteiger partial charge in [-0.15, -0.1) is 0 Å². The maximum Gasteiger partial charge on any atom is -0.0241 e. The Bertz CT molecular complexity index is 614. The number of rotatable bonds is 13. The molecule has 1 fully saturated rings. The average molecular weight is 423 g/mol. The van der Waals surface area contributed by atoms with E-state index in [9.17, 15) is 0 Å². The highest BCUT2D eigenvalue weighted by molar-refractivity contribution is 5.23. The van der Waals surface area contributed by atoms with Crippen LogP contribution in [0.1, 0.15) is 128 Å².